The van der Waals surface area contributed by atoms with E-state index in [1.54, 1.807) is 0 Å². The molecule has 0 bridgehead atoms. The van der Waals surface area contributed by atoms with E-state index in [2.05, 4.69) is 0 Å². The molecule has 0 aromatic heterocycles. The van der Waals surface area contributed by atoms with Crippen LogP contribution in [0.15, 0.2) is 30.3 Å². The van der Waals surface area contributed by atoms with Gasteiger partial charge < -0.3 is 15.9 Å². The summed E-state index contributed by atoms with van der Waals surface area (Å²) >= 11 is 1.34. The summed E-state index contributed by atoms with van der Waals surface area (Å²) in [6.07, 6.45) is -0.577. The zero-order valence-electron chi connectivity index (χ0n) is 8.74. The molecule has 16 heavy (non-hydrogen) atoms. The topological polar surface area (TPSA) is 83.5 Å². The Morgan fingerprint density at radius 2 is 1.94 bits per heavy atom. The highest BCUT2D eigenvalue weighted by molar-refractivity contribution is 7.99. The maximum Gasteiger partial charge on any atom is 0.321 e. The van der Waals surface area contributed by atoms with Crippen molar-refractivity contribution in [3.8, 4) is 0 Å². The number of aliphatic hydroxyl groups is 1. The lowest BCUT2D eigenvalue weighted by molar-refractivity contribution is -0.137. The third kappa shape index (κ3) is 4.22. The Hall–Kier alpha value is -1.04. The number of aliphatic carboxylic acids is 1. The van der Waals surface area contributed by atoms with E-state index < -0.39 is 18.1 Å². The molecule has 0 saturated heterocycles. The van der Waals surface area contributed by atoms with Gasteiger partial charge in [0.05, 0.1) is 6.10 Å². The van der Waals surface area contributed by atoms with E-state index >= 15 is 0 Å². The Bertz CT molecular complexity index is 331. The molecule has 0 amide bonds. The fraction of sp³-hybridized carbons (Fsp3) is 0.364. The summed E-state index contributed by atoms with van der Waals surface area (Å²) in [5.41, 5.74) is 6.17. The monoisotopic (exact) mass is 241 g/mol. The van der Waals surface area contributed by atoms with Gasteiger partial charge in [-0.25, -0.2) is 0 Å². The first-order valence-corrected chi connectivity index (χ1v) is 6.06. The highest BCUT2D eigenvalue weighted by Gasteiger charge is 2.13. The molecule has 1 rings (SSSR count). The van der Waals surface area contributed by atoms with Crippen LogP contribution in [0.2, 0.25) is 0 Å². The lowest BCUT2D eigenvalue weighted by Gasteiger charge is -2.11. The SMILES string of the molecule is NC(CSCC(O)c1ccccc1)C(=O)O. The molecule has 0 fully saturated rings. The number of nitrogens with two attached hydrogens (primary N) is 1. The molecule has 0 aliphatic rings. The first-order chi connectivity index (χ1) is 7.61. The van der Waals surface area contributed by atoms with Crippen molar-refractivity contribution in [1.29, 1.82) is 0 Å². The van der Waals surface area contributed by atoms with Crippen LogP contribution < -0.4 is 5.73 Å². The second-order valence-corrected chi connectivity index (χ2v) is 4.48. The van der Waals surface area contributed by atoms with E-state index in [9.17, 15) is 9.90 Å². The highest BCUT2D eigenvalue weighted by atomic mass is 32.2. The lowest BCUT2D eigenvalue weighted by atomic mass is 10.1. The molecule has 1 aromatic carbocycles. The van der Waals surface area contributed by atoms with Gasteiger partial charge in [0.1, 0.15) is 6.04 Å². The van der Waals surface area contributed by atoms with E-state index in [0.717, 1.165) is 5.56 Å². The maximum atomic E-state index is 10.4. The molecule has 4 N–H and O–H groups in total. The number of carbonyl (C=O) groups is 1. The van der Waals surface area contributed by atoms with Crippen LogP contribution >= 0.6 is 11.8 Å². The summed E-state index contributed by atoms with van der Waals surface area (Å²) in [6, 6.07) is 8.39. The highest BCUT2D eigenvalue weighted by Crippen LogP contribution is 2.17. The zero-order chi connectivity index (χ0) is 12.0. The molecule has 0 radical (unpaired) electrons. The molecule has 2 unspecified atom stereocenters. The minimum absolute atomic E-state index is 0.305. The van der Waals surface area contributed by atoms with E-state index in [4.69, 9.17) is 10.8 Å². The Morgan fingerprint density at radius 3 is 2.50 bits per heavy atom. The van der Waals surface area contributed by atoms with Gasteiger partial charge in [0.2, 0.25) is 0 Å². The molecule has 0 spiro atoms. The minimum Gasteiger partial charge on any atom is -0.480 e. The quantitative estimate of drug-likeness (QED) is 0.688. The van der Waals surface area contributed by atoms with Gasteiger partial charge in [0.25, 0.3) is 0 Å². The van der Waals surface area contributed by atoms with Crippen molar-refractivity contribution >= 4 is 17.7 Å². The first-order valence-electron chi connectivity index (χ1n) is 4.90. The van der Waals surface area contributed by atoms with Gasteiger partial charge in [-0.1, -0.05) is 30.3 Å². The van der Waals surface area contributed by atoms with Crippen molar-refractivity contribution < 1.29 is 15.0 Å². The summed E-state index contributed by atoms with van der Waals surface area (Å²) in [5.74, 6) is -0.258. The number of thioether (sulfide) groups is 1. The van der Waals surface area contributed by atoms with Crippen LogP contribution in [0.1, 0.15) is 11.7 Å². The number of carboxylic acid groups (broad SMARTS) is 1. The van der Waals surface area contributed by atoms with E-state index in [1.165, 1.54) is 11.8 Å². The van der Waals surface area contributed by atoms with Gasteiger partial charge in [-0.15, -0.1) is 0 Å². The second-order valence-electron chi connectivity index (χ2n) is 3.41. The molecular formula is C11H15NO3S. The van der Waals surface area contributed by atoms with Gasteiger partial charge in [-0.2, -0.15) is 11.8 Å². The minimum atomic E-state index is -1.01. The van der Waals surface area contributed by atoms with Crippen LogP contribution in [-0.2, 0) is 4.79 Å². The summed E-state index contributed by atoms with van der Waals surface area (Å²) in [4.78, 5) is 10.4. The standard InChI is InChI=1S/C11H15NO3S/c12-9(11(14)15)6-16-7-10(13)8-4-2-1-3-5-8/h1-5,9-10,13H,6-7,12H2,(H,14,15). The Labute approximate surface area is 98.5 Å². The summed E-state index contributed by atoms with van der Waals surface area (Å²) in [7, 11) is 0. The number of benzene rings is 1. The van der Waals surface area contributed by atoms with Crippen LogP contribution in [-0.4, -0.2) is 33.7 Å². The Balaban J connectivity index is 2.31. The molecule has 0 aliphatic carbocycles. The van der Waals surface area contributed by atoms with Crippen molar-refractivity contribution in [2.24, 2.45) is 5.73 Å². The van der Waals surface area contributed by atoms with E-state index in [0.29, 0.717) is 11.5 Å². The van der Waals surface area contributed by atoms with Crippen molar-refractivity contribution in [3.05, 3.63) is 35.9 Å². The number of hydrogen-bond acceptors (Lipinski definition) is 4. The van der Waals surface area contributed by atoms with Crippen molar-refractivity contribution in [2.75, 3.05) is 11.5 Å². The molecule has 0 saturated carbocycles. The molecule has 4 nitrogen and oxygen atoms in total. The van der Waals surface area contributed by atoms with Gasteiger partial charge in [-0.3, -0.25) is 4.79 Å². The fourth-order valence-corrected chi connectivity index (χ4v) is 2.10. The summed E-state index contributed by atoms with van der Waals surface area (Å²) in [6.45, 7) is 0. The van der Waals surface area contributed by atoms with Crippen LogP contribution in [0.25, 0.3) is 0 Å². The zero-order valence-corrected chi connectivity index (χ0v) is 9.56. The number of rotatable bonds is 6. The molecule has 0 heterocycles. The predicted octanol–water partition coefficient (Wildman–Crippen LogP) is 0.865. The van der Waals surface area contributed by atoms with Crippen molar-refractivity contribution in [3.63, 3.8) is 0 Å². The van der Waals surface area contributed by atoms with E-state index in [1.807, 2.05) is 30.3 Å². The largest absolute Gasteiger partial charge is 0.480 e. The van der Waals surface area contributed by atoms with Gasteiger partial charge in [0.15, 0.2) is 0 Å². The molecule has 1 aromatic rings. The molecular weight excluding hydrogens is 226 g/mol. The summed E-state index contributed by atoms with van der Waals surface area (Å²) in [5, 5.41) is 18.3. The molecule has 5 heteroatoms. The average molecular weight is 241 g/mol. The average Bonchev–Trinajstić information content (AvgIpc) is 2.29. The van der Waals surface area contributed by atoms with Gasteiger partial charge in [0, 0.05) is 11.5 Å². The number of aliphatic hydroxyl groups excluding tert-OH is 1. The van der Waals surface area contributed by atoms with Crippen LogP contribution in [0.3, 0.4) is 0 Å². The lowest BCUT2D eigenvalue weighted by Crippen LogP contribution is -2.32. The predicted molar refractivity (Wildman–Crippen MR) is 64.3 cm³/mol. The van der Waals surface area contributed by atoms with Gasteiger partial charge in [-0.05, 0) is 5.56 Å². The molecule has 2 atom stereocenters. The maximum absolute atomic E-state index is 10.4. The second kappa shape index (κ2) is 6.52. The van der Waals surface area contributed by atoms with Crippen molar-refractivity contribution in [1.82, 2.24) is 0 Å². The van der Waals surface area contributed by atoms with E-state index in [-0.39, 0.29) is 0 Å². The first kappa shape index (κ1) is 13.0. The van der Waals surface area contributed by atoms with Crippen LogP contribution in [0.5, 0.6) is 0 Å². The Morgan fingerprint density at radius 1 is 1.31 bits per heavy atom. The van der Waals surface area contributed by atoms with Crippen molar-refractivity contribution in [2.45, 2.75) is 12.1 Å². The number of hydrogen-bond donors (Lipinski definition) is 3. The van der Waals surface area contributed by atoms with Gasteiger partial charge >= 0.3 is 5.97 Å². The normalized spacial score (nSPS) is 14.4. The molecule has 88 valence electrons. The Kier molecular flexibility index (Phi) is 5.31. The number of carboxylic acids is 1. The summed E-state index contributed by atoms with van der Waals surface area (Å²) < 4.78 is 0. The fourth-order valence-electron chi connectivity index (χ4n) is 1.15. The van der Waals surface area contributed by atoms with Crippen LogP contribution in [0, 0.1) is 0 Å². The third-order valence-corrected chi connectivity index (χ3v) is 3.22. The molecule has 0 aliphatic heterocycles. The smallest absolute Gasteiger partial charge is 0.321 e. The third-order valence-electron chi connectivity index (χ3n) is 2.07. The van der Waals surface area contributed by atoms with Crippen LogP contribution in [0.4, 0.5) is 0 Å².